The summed E-state index contributed by atoms with van der Waals surface area (Å²) in [5.74, 6) is -0.522. The van der Waals surface area contributed by atoms with Gasteiger partial charge in [0.15, 0.2) is 0 Å². The zero-order valence-electron chi connectivity index (χ0n) is 10.1. The van der Waals surface area contributed by atoms with Gasteiger partial charge in [-0.2, -0.15) is 0 Å². The lowest BCUT2D eigenvalue weighted by molar-refractivity contribution is -0.124. The molecule has 6 heteroatoms. The van der Waals surface area contributed by atoms with Crippen molar-refractivity contribution in [3.05, 3.63) is 30.3 Å². The van der Waals surface area contributed by atoms with Crippen LogP contribution in [-0.4, -0.2) is 27.4 Å². The van der Waals surface area contributed by atoms with Crippen LogP contribution in [0.5, 0.6) is 0 Å². The Balaban J connectivity index is 2.06. The molecule has 1 saturated heterocycles. The fourth-order valence-corrected chi connectivity index (χ4v) is 2.85. The first-order valence-corrected chi connectivity index (χ1v) is 7.31. The van der Waals surface area contributed by atoms with E-state index in [4.69, 9.17) is 0 Å². The zero-order valence-corrected chi connectivity index (χ0v) is 10.9. The van der Waals surface area contributed by atoms with Gasteiger partial charge in [0.2, 0.25) is 5.91 Å². The predicted molar refractivity (Wildman–Crippen MR) is 67.3 cm³/mol. The number of benzene rings is 1. The van der Waals surface area contributed by atoms with E-state index in [1.807, 2.05) is 0 Å². The molecule has 0 saturated carbocycles. The van der Waals surface area contributed by atoms with Gasteiger partial charge >= 0.3 is 0 Å². The SMILES string of the molecule is CC(C(=O)NS(=O)(=O)c1ccccc1)C1CNC1. The first kappa shape index (κ1) is 13.0. The molecule has 0 bridgehead atoms. The number of carbonyl (C=O) groups is 1. The molecule has 2 rings (SSSR count). The van der Waals surface area contributed by atoms with Crippen LogP contribution in [0, 0.1) is 11.8 Å². The van der Waals surface area contributed by atoms with Gasteiger partial charge in [0.25, 0.3) is 10.0 Å². The van der Waals surface area contributed by atoms with E-state index in [-0.39, 0.29) is 16.7 Å². The summed E-state index contributed by atoms with van der Waals surface area (Å²) in [5.41, 5.74) is 0. The van der Waals surface area contributed by atoms with Crippen molar-refractivity contribution in [1.82, 2.24) is 10.0 Å². The van der Waals surface area contributed by atoms with Gasteiger partial charge in [0, 0.05) is 5.92 Å². The maximum atomic E-state index is 11.9. The van der Waals surface area contributed by atoms with Gasteiger partial charge in [-0.05, 0) is 31.1 Å². The molecule has 1 aliphatic heterocycles. The standard InChI is InChI=1S/C12H16N2O3S/c1-9(10-7-13-8-10)12(15)14-18(16,17)11-5-3-2-4-6-11/h2-6,9-10,13H,7-8H2,1H3,(H,14,15). The molecule has 1 aromatic rings. The molecule has 1 aliphatic rings. The highest BCUT2D eigenvalue weighted by molar-refractivity contribution is 7.90. The Morgan fingerprint density at radius 1 is 1.33 bits per heavy atom. The summed E-state index contributed by atoms with van der Waals surface area (Å²) in [6, 6.07) is 7.90. The minimum Gasteiger partial charge on any atom is -0.316 e. The second-order valence-corrected chi connectivity index (χ2v) is 6.17. The van der Waals surface area contributed by atoms with Crippen LogP contribution in [0.25, 0.3) is 0 Å². The summed E-state index contributed by atoms with van der Waals surface area (Å²) < 4.78 is 26.0. The quantitative estimate of drug-likeness (QED) is 0.826. The lowest BCUT2D eigenvalue weighted by atomic mass is 9.89. The molecule has 0 aromatic heterocycles. The van der Waals surface area contributed by atoms with E-state index in [1.54, 1.807) is 25.1 Å². The highest BCUT2D eigenvalue weighted by Crippen LogP contribution is 2.17. The normalized spacial score (nSPS) is 17.8. The molecule has 5 nitrogen and oxygen atoms in total. The Morgan fingerprint density at radius 2 is 1.94 bits per heavy atom. The number of carbonyl (C=O) groups excluding carboxylic acids is 1. The number of nitrogens with one attached hydrogen (secondary N) is 2. The second-order valence-electron chi connectivity index (χ2n) is 4.49. The van der Waals surface area contributed by atoms with Crippen LogP contribution in [0.15, 0.2) is 35.2 Å². The number of hydrogen-bond donors (Lipinski definition) is 2. The van der Waals surface area contributed by atoms with Crippen LogP contribution in [0.4, 0.5) is 0 Å². The summed E-state index contributed by atoms with van der Waals surface area (Å²) in [6.45, 7) is 3.28. The number of sulfonamides is 1. The van der Waals surface area contributed by atoms with Crippen LogP contribution in [0.1, 0.15) is 6.92 Å². The van der Waals surface area contributed by atoms with E-state index in [1.165, 1.54) is 12.1 Å². The molecular weight excluding hydrogens is 252 g/mol. The van der Waals surface area contributed by atoms with Crippen LogP contribution in [-0.2, 0) is 14.8 Å². The van der Waals surface area contributed by atoms with Crippen LogP contribution in [0.3, 0.4) is 0 Å². The Labute approximate surface area is 107 Å². The molecule has 18 heavy (non-hydrogen) atoms. The summed E-state index contributed by atoms with van der Waals surface area (Å²) in [5, 5.41) is 3.06. The minimum atomic E-state index is -3.74. The first-order chi connectivity index (χ1) is 8.50. The first-order valence-electron chi connectivity index (χ1n) is 5.83. The van der Waals surface area contributed by atoms with E-state index in [9.17, 15) is 13.2 Å². The van der Waals surface area contributed by atoms with Crippen LogP contribution >= 0.6 is 0 Å². The molecule has 0 radical (unpaired) electrons. The lowest BCUT2D eigenvalue weighted by Gasteiger charge is -2.31. The molecule has 1 heterocycles. The third kappa shape index (κ3) is 2.70. The molecule has 2 N–H and O–H groups in total. The molecule has 0 spiro atoms. The third-order valence-electron chi connectivity index (χ3n) is 3.22. The maximum Gasteiger partial charge on any atom is 0.264 e. The van der Waals surface area contributed by atoms with Gasteiger partial charge < -0.3 is 5.32 Å². The lowest BCUT2D eigenvalue weighted by Crippen LogP contribution is -2.50. The highest BCUT2D eigenvalue weighted by atomic mass is 32.2. The Morgan fingerprint density at radius 3 is 2.44 bits per heavy atom. The topological polar surface area (TPSA) is 75.3 Å². The van der Waals surface area contributed by atoms with Gasteiger partial charge in [-0.1, -0.05) is 25.1 Å². The number of hydrogen-bond acceptors (Lipinski definition) is 4. The van der Waals surface area contributed by atoms with E-state index in [0.29, 0.717) is 0 Å². The van der Waals surface area contributed by atoms with Crippen molar-refractivity contribution in [3.8, 4) is 0 Å². The van der Waals surface area contributed by atoms with Crippen LogP contribution in [0.2, 0.25) is 0 Å². The average Bonchev–Trinajstić information content (AvgIpc) is 2.27. The van der Waals surface area contributed by atoms with Gasteiger partial charge in [-0.3, -0.25) is 4.79 Å². The summed E-state index contributed by atoms with van der Waals surface area (Å²) >= 11 is 0. The van der Waals surface area contributed by atoms with Crippen molar-refractivity contribution < 1.29 is 13.2 Å². The molecule has 1 aromatic carbocycles. The molecule has 1 amide bonds. The van der Waals surface area contributed by atoms with Gasteiger partial charge in [0.1, 0.15) is 0 Å². The third-order valence-corrected chi connectivity index (χ3v) is 4.58. The van der Waals surface area contributed by atoms with E-state index in [0.717, 1.165) is 13.1 Å². The van der Waals surface area contributed by atoms with Crippen molar-refractivity contribution in [2.75, 3.05) is 13.1 Å². The zero-order chi connectivity index (χ0) is 13.2. The minimum absolute atomic E-state index is 0.109. The monoisotopic (exact) mass is 268 g/mol. The Kier molecular flexibility index (Phi) is 3.68. The smallest absolute Gasteiger partial charge is 0.264 e. The van der Waals surface area contributed by atoms with Crippen molar-refractivity contribution in [1.29, 1.82) is 0 Å². The van der Waals surface area contributed by atoms with Crippen molar-refractivity contribution in [3.63, 3.8) is 0 Å². The molecule has 98 valence electrons. The Hall–Kier alpha value is -1.40. The Bertz CT molecular complexity index is 524. The molecule has 1 atom stereocenters. The molecule has 0 aliphatic carbocycles. The summed E-state index contributed by atoms with van der Waals surface area (Å²) in [6.07, 6.45) is 0. The van der Waals surface area contributed by atoms with E-state index >= 15 is 0 Å². The molecule has 1 unspecified atom stereocenters. The molecule has 1 fully saturated rings. The van der Waals surface area contributed by atoms with Crippen molar-refractivity contribution in [2.45, 2.75) is 11.8 Å². The fourth-order valence-electron chi connectivity index (χ4n) is 1.76. The van der Waals surface area contributed by atoms with Crippen molar-refractivity contribution >= 4 is 15.9 Å². The van der Waals surface area contributed by atoms with E-state index in [2.05, 4.69) is 10.0 Å². The van der Waals surface area contributed by atoms with Gasteiger partial charge in [-0.25, -0.2) is 13.1 Å². The van der Waals surface area contributed by atoms with Gasteiger partial charge in [0.05, 0.1) is 4.90 Å². The average molecular weight is 268 g/mol. The second kappa shape index (κ2) is 5.07. The van der Waals surface area contributed by atoms with Gasteiger partial charge in [-0.15, -0.1) is 0 Å². The van der Waals surface area contributed by atoms with Crippen LogP contribution < -0.4 is 10.0 Å². The maximum absolute atomic E-state index is 11.9. The molecular formula is C12H16N2O3S. The highest BCUT2D eigenvalue weighted by Gasteiger charge is 2.31. The largest absolute Gasteiger partial charge is 0.316 e. The fraction of sp³-hybridized carbons (Fsp3) is 0.417. The van der Waals surface area contributed by atoms with Crippen molar-refractivity contribution in [2.24, 2.45) is 11.8 Å². The van der Waals surface area contributed by atoms with E-state index < -0.39 is 15.9 Å². The predicted octanol–water partition coefficient (Wildman–Crippen LogP) is 0.347. The number of amides is 1. The number of rotatable bonds is 4. The summed E-state index contributed by atoms with van der Waals surface area (Å²) in [4.78, 5) is 12.0. The summed E-state index contributed by atoms with van der Waals surface area (Å²) in [7, 11) is -3.74.